The van der Waals surface area contributed by atoms with Gasteiger partial charge in [-0.2, -0.15) is 0 Å². The van der Waals surface area contributed by atoms with Gasteiger partial charge in [-0.25, -0.2) is 4.39 Å². The Balaban J connectivity index is 2.13. The number of thioether (sulfide) groups is 1. The molecule has 0 heterocycles. The molecule has 0 aliphatic heterocycles. The summed E-state index contributed by atoms with van der Waals surface area (Å²) >= 11 is 1.65. The first kappa shape index (κ1) is 13.9. The van der Waals surface area contributed by atoms with Crippen LogP contribution < -0.4 is 10.5 Å². The van der Waals surface area contributed by atoms with Gasteiger partial charge in [-0.15, -0.1) is 11.8 Å². The molecule has 0 aromatic heterocycles. The highest BCUT2D eigenvalue weighted by molar-refractivity contribution is 7.98. The zero-order chi connectivity index (χ0) is 13.7. The van der Waals surface area contributed by atoms with E-state index in [4.69, 9.17) is 10.5 Å². The second-order valence-corrected chi connectivity index (χ2v) is 4.96. The van der Waals surface area contributed by atoms with Gasteiger partial charge in [0.15, 0.2) is 11.6 Å². The van der Waals surface area contributed by atoms with Crippen molar-refractivity contribution in [1.82, 2.24) is 0 Å². The van der Waals surface area contributed by atoms with Gasteiger partial charge in [-0.05, 0) is 61.2 Å². The molecule has 0 amide bonds. The summed E-state index contributed by atoms with van der Waals surface area (Å²) in [6.07, 6.45) is 2.67. The second kappa shape index (κ2) is 6.59. The van der Waals surface area contributed by atoms with Crippen LogP contribution in [-0.4, -0.2) is 12.8 Å². The molecule has 0 unspecified atom stereocenters. The third kappa shape index (κ3) is 3.72. The molecule has 0 fully saturated rings. The van der Waals surface area contributed by atoms with Crippen molar-refractivity contribution >= 4 is 11.8 Å². The summed E-state index contributed by atoms with van der Waals surface area (Å²) in [5.74, 6) is 0.501. The standard InChI is InChI=1S/C15H16FNOS/c1-19-13-5-3-12(4-6-13)18-15-7-2-11(8-9-17)10-14(15)16/h2-7,10H,8-9,17H2,1H3. The first-order valence-electron chi connectivity index (χ1n) is 6.03. The van der Waals surface area contributed by atoms with Gasteiger partial charge in [0.05, 0.1) is 0 Å². The number of ether oxygens (including phenoxy) is 1. The van der Waals surface area contributed by atoms with E-state index in [0.29, 0.717) is 18.7 Å². The zero-order valence-electron chi connectivity index (χ0n) is 10.7. The van der Waals surface area contributed by atoms with Crippen molar-refractivity contribution in [3.63, 3.8) is 0 Å². The molecular formula is C15H16FNOS. The van der Waals surface area contributed by atoms with E-state index < -0.39 is 0 Å². The Labute approximate surface area is 116 Å². The molecule has 2 rings (SSSR count). The Morgan fingerprint density at radius 1 is 1.16 bits per heavy atom. The lowest BCUT2D eigenvalue weighted by Gasteiger charge is -2.08. The van der Waals surface area contributed by atoms with Crippen molar-refractivity contribution in [2.75, 3.05) is 12.8 Å². The summed E-state index contributed by atoms with van der Waals surface area (Å²) in [4.78, 5) is 1.14. The van der Waals surface area contributed by atoms with Gasteiger partial charge in [-0.1, -0.05) is 6.07 Å². The first-order valence-corrected chi connectivity index (χ1v) is 7.26. The molecule has 4 heteroatoms. The van der Waals surface area contributed by atoms with Gasteiger partial charge in [0.25, 0.3) is 0 Å². The summed E-state index contributed by atoms with van der Waals surface area (Å²) < 4.78 is 19.4. The van der Waals surface area contributed by atoms with Crippen LogP contribution in [0.2, 0.25) is 0 Å². The number of rotatable bonds is 5. The van der Waals surface area contributed by atoms with Crippen LogP contribution in [0, 0.1) is 5.82 Å². The van der Waals surface area contributed by atoms with Crippen LogP contribution in [0.4, 0.5) is 4.39 Å². The van der Waals surface area contributed by atoms with Crippen molar-refractivity contribution in [1.29, 1.82) is 0 Å². The third-order valence-electron chi connectivity index (χ3n) is 2.72. The number of halogens is 1. The molecule has 0 bridgehead atoms. The fourth-order valence-electron chi connectivity index (χ4n) is 1.72. The maximum Gasteiger partial charge on any atom is 0.165 e. The molecule has 0 saturated carbocycles. The maximum absolute atomic E-state index is 13.8. The lowest BCUT2D eigenvalue weighted by Crippen LogP contribution is -2.03. The van der Waals surface area contributed by atoms with Gasteiger partial charge >= 0.3 is 0 Å². The summed E-state index contributed by atoms with van der Waals surface area (Å²) in [6, 6.07) is 12.5. The molecule has 0 radical (unpaired) electrons. The normalized spacial score (nSPS) is 10.5. The van der Waals surface area contributed by atoms with Crippen molar-refractivity contribution in [3.8, 4) is 11.5 Å². The van der Waals surface area contributed by atoms with Crippen molar-refractivity contribution in [2.24, 2.45) is 5.73 Å². The molecule has 2 aromatic carbocycles. The third-order valence-corrected chi connectivity index (χ3v) is 3.46. The van der Waals surface area contributed by atoms with Crippen LogP contribution >= 0.6 is 11.8 Å². The van der Waals surface area contributed by atoms with Gasteiger partial charge in [0.2, 0.25) is 0 Å². The monoisotopic (exact) mass is 277 g/mol. The SMILES string of the molecule is CSc1ccc(Oc2ccc(CCN)cc2F)cc1. The highest BCUT2D eigenvalue weighted by Crippen LogP contribution is 2.27. The quantitative estimate of drug-likeness (QED) is 0.843. The fraction of sp³-hybridized carbons (Fsp3) is 0.200. The van der Waals surface area contributed by atoms with Crippen molar-refractivity contribution in [2.45, 2.75) is 11.3 Å². The molecule has 100 valence electrons. The highest BCUT2D eigenvalue weighted by Gasteiger charge is 2.06. The Morgan fingerprint density at radius 3 is 2.47 bits per heavy atom. The number of benzene rings is 2. The zero-order valence-corrected chi connectivity index (χ0v) is 11.5. The molecular weight excluding hydrogens is 261 g/mol. The molecule has 2 aromatic rings. The Bertz CT molecular complexity index is 542. The van der Waals surface area contributed by atoms with Crippen LogP contribution in [0.15, 0.2) is 47.4 Å². The minimum absolute atomic E-state index is 0.234. The summed E-state index contributed by atoms with van der Waals surface area (Å²) in [6.45, 7) is 0.510. The van der Waals surface area contributed by atoms with Gasteiger partial charge in [0, 0.05) is 4.90 Å². The lowest BCUT2D eigenvalue weighted by molar-refractivity contribution is 0.441. The minimum Gasteiger partial charge on any atom is -0.454 e. The van der Waals surface area contributed by atoms with E-state index in [1.165, 1.54) is 6.07 Å². The average molecular weight is 277 g/mol. The topological polar surface area (TPSA) is 35.2 Å². The number of hydrogen-bond acceptors (Lipinski definition) is 3. The van der Waals surface area contributed by atoms with E-state index in [0.717, 1.165) is 10.5 Å². The van der Waals surface area contributed by atoms with E-state index in [2.05, 4.69) is 0 Å². The maximum atomic E-state index is 13.8. The van der Waals surface area contributed by atoms with Crippen molar-refractivity contribution < 1.29 is 9.13 Å². The van der Waals surface area contributed by atoms with Crippen molar-refractivity contribution in [3.05, 3.63) is 53.8 Å². The van der Waals surface area contributed by atoms with Crippen LogP contribution in [0.1, 0.15) is 5.56 Å². The molecule has 0 aliphatic rings. The van der Waals surface area contributed by atoms with E-state index in [1.54, 1.807) is 17.8 Å². The smallest absolute Gasteiger partial charge is 0.165 e. The first-order chi connectivity index (χ1) is 9.22. The summed E-state index contributed by atoms with van der Waals surface area (Å²) in [5.41, 5.74) is 6.32. The molecule has 0 saturated heterocycles. The number of hydrogen-bond donors (Lipinski definition) is 1. The fourth-order valence-corrected chi connectivity index (χ4v) is 2.13. The largest absolute Gasteiger partial charge is 0.454 e. The Kier molecular flexibility index (Phi) is 4.82. The molecule has 2 N–H and O–H groups in total. The van der Waals surface area contributed by atoms with Crippen LogP contribution in [0.3, 0.4) is 0 Å². The molecule has 0 aliphatic carbocycles. The molecule has 0 atom stereocenters. The van der Waals surface area contributed by atoms with Gasteiger partial charge in [0.1, 0.15) is 5.75 Å². The molecule has 0 spiro atoms. The second-order valence-electron chi connectivity index (χ2n) is 4.08. The summed E-state index contributed by atoms with van der Waals surface area (Å²) in [5, 5.41) is 0. The van der Waals surface area contributed by atoms with Crippen LogP contribution in [0.25, 0.3) is 0 Å². The van der Waals surface area contributed by atoms with E-state index >= 15 is 0 Å². The minimum atomic E-state index is -0.361. The summed E-state index contributed by atoms with van der Waals surface area (Å²) in [7, 11) is 0. The molecule has 2 nitrogen and oxygen atoms in total. The predicted octanol–water partition coefficient (Wildman–Crippen LogP) is 3.84. The Hall–Kier alpha value is -1.52. The van der Waals surface area contributed by atoms with E-state index in [1.807, 2.05) is 36.6 Å². The highest BCUT2D eigenvalue weighted by atomic mass is 32.2. The lowest BCUT2D eigenvalue weighted by atomic mass is 10.1. The molecule has 19 heavy (non-hydrogen) atoms. The average Bonchev–Trinajstić information content (AvgIpc) is 2.43. The van der Waals surface area contributed by atoms with E-state index in [9.17, 15) is 4.39 Å². The Morgan fingerprint density at radius 2 is 1.89 bits per heavy atom. The van der Waals surface area contributed by atoms with Gasteiger partial charge < -0.3 is 10.5 Å². The van der Waals surface area contributed by atoms with E-state index in [-0.39, 0.29) is 11.6 Å². The number of nitrogens with two attached hydrogens (primary N) is 1. The predicted molar refractivity (Wildman–Crippen MR) is 77.5 cm³/mol. The van der Waals surface area contributed by atoms with Crippen LogP contribution in [-0.2, 0) is 6.42 Å². The van der Waals surface area contributed by atoms with Crippen LogP contribution in [0.5, 0.6) is 11.5 Å². The van der Waals surface area contributed by atoms with Gasteiger partial charge in [-0.3, -0.25) is 0 Å².